The number of hydrogen-bond donors (Lipinski definition) is 2. The van der Waals surface area contributed by atoms with Crippen LogP contribution in [0.15, 0.2) is 36.4 Å². The van der Waals surface area contributed by atoms with Crippen LogP contribution in [-0.2, 0) is 6.54 Å². The monoisotopic (exact) mass is 280 g/mol. The van der Waals surface area contributed by atoms with Gasteiger partial charge in [0.25, 0.3) is 0 Å². The molecule has 0 heterocycles. The summed E-state index contributed by atoms with van der Waals surface area (Å²) in [6.07, 6.45) is 0. The molecular formula is C14H14Cl2N2. The van der Waals surface area contributed by atoms with E-state index in [0.717, 1.165) is 22.5 Å². The zero-order valence-electron chi connectivity index (χ0n) is 10.0. The van der Waals surface area contributed by atoms with Gasteiger partial charge in [0.15, 0.2) is 0 Å². The Morgan fingerprint density at radius 2 is 1.94 bits per heavy atom. The Bertz CT molecular complexity index is 568. The Hall–Kier alpha value is -1.38. The molecule has 0 amide bonds. The normalized spacial score (nSPS) is 10.4. The topological polar surface area (TPSA) is 38.0 Å². The number of hydrogen-bond acceptors (Lipinski definition) is 2. The van der Waals surface area contributed by atoms with Gasteiger partial charge in [0, 0.05) is 28.0 Å². The van der Waals surface area contributed by atoms with Crippen LogP contribution >= 0.6 is 23.2 Å². The fourth-order valence-corrected chi connectivity index (χ4v) is 2.18. The van der Waals surface area contributed by atoms with Crippen molar-refractivity contribution in [3.63, 3.8) is 0 Å². The van der Waals surface area contributed by atoms with E-state index in [2.05, 4.69) is 5.32 Å². The van der Waals surface area contributed by atoms with Crippen molar-refractivity contribution in [2.45, 2.75) is 13.5 Å². The predicted molar refractivity (Wildman–Crippen MR) is 79.4 cm³/mol. The van der Waals surface area contributed by atoms with E-state index < -0.39 is 0 Å². The van der Waals surface area contributed by atoms with Gasteiger partial charge in [-0.1, -0.05) is 35.3 Å². The molecule has 0 atom stereocenters. The zero-order chi connectivity index (χ0) is 13.1. The van der Waals surface area contributed by atoms with E-state index in [1.165, 1.54) is 0 Å². The molecule has 4 heteroatoms. The highest BCUT2D eigenvalue weighted by atomic mass is 35.5. The minimum absolute atomic E-state index is 0.639. The van der Waals surface area contributed by atoms with Gasteiger partial charge in [-0.25, -0.2) is 0 Å². The number of nitrogen functional groups attached to an aromatic ring is 1. The highest BCUT2D eigenvalue weighted by Gasteiger charge is 2.04. The van der Waals surface area contributed by atoms with Gasteiger partial charge in [0.05, 0.1) is 0 Å². The van der Waals surface area contributed by atoms with Crippen molar-refractivity contribution >= 4 is 34.6 Å². The zero-order valence-corrected chi connectivity index (χ0v) is 11.5. The molecule has 2 aromatic rings. The predicted octanol–water partition coefficient (Wildman–Crippen LogP) is 4.50. The van der Waals surface area contributed by atoms with E-state index >= 15 is 0 Å². The lowest BCUT2D eigenvalue weighted by atomic mass is 10.1. The van der Waals surface area contributed by atoms with Crippen LogP contribution in [0.2, 0.25) is 10.0 Å². The van der Waals surface area contributed by atoms with Gasteiger partial charge in [-0.05, 0) is 42.3 Å². The Labute approximate surface area is 117 Å². The van der Waals surface area contributed by atoms with Crippen LogP contribution in [0.4, 0.5) is 11.4 Å². The van der Waals surface area contributed by atoms with E-state index in [1.807, 2.05) is 37.3 Å². The molecule has 2 aromatic carbocycles. The van der Waals surface area contributed by atoms with Crippen molar-refractivity contribution in [1.82, 2.24) is 0 Å². The molecule has 0 bridgehead atoms. The Morgan fingerprint density at radius 1 is 1.17 bits per heavy atom. The summed E-state index contributed by atoms with van der Waals surface area (Å²) in [7, 11) is 0. The first-order valence-corrected chi connectivity index (χ1v) is 6.36. The second-order valence-corrected chi connectivity index (χ2v) is 4.95. The third-order valence-corrected chi connectivity index (χ3v) is 3.45. The van der Waals surface area contributed by atoms with Crippen LogP contribution in [0.1, 0.15) is 11.1 Å². The molecular weight excluding hydrogens is 267 g/mol. The standard InChI is InChI=1S/C14H14Cl2N2/c1-9-13(17)3-2-4-14(9)18-8-10-5-6-11(15)7-12(10)16/h2-7,18H,8,17H2,1H3. The molecule has 94 valence electrons. The molecule has 0 unspecified atom stereocenters. The van der Waals surface area contributed by atoms with Crippen LogP contribution in [0.3, 0.4) is 0 Å². The Kier molecular flexibility index (Phi) is 4.00. The molecule has 0 aliphatic rings. The van der Waals surface area contributed by atoms with Gasteiger partial charge in [0.2, 0.25) is 0 Å². The second-order valence-electron chi connectivity index (χ2n) is 4.11. The molecule has 0 saturated carbocycles. The van der Waals surface area contributed by atoms with E-state index in [4.69, 9.17) is 28.9 Å². The molecule has 0 radical (unpaired) electrons. The summed E-state index contributed by atoms with van der Waals surface area (Å²) < 4.78 is 0. The summed E-state index contributed by atoms with van der Waals surface area (Å²) in [5, 5.41) is 4.63. The molecule has 2 rings (SSSR count). The lowest BCUT2D eigenvalue weighted by molar-refractivity contribution is 1.14. The number of benzene rings is 2. The summed E-state index contributed by atoms with van der Waals surface area (Å²) in [4.78, 5) is 0. The first-order valence-electron chi connectivity index (χ1n) is 5.61. The van der Waals surface area contributed by atoms with Crippen LogP contribution in [0.25, 0.3) is 0 Å². The summed E-state index contributed by atoms with van der Waals surface area (Å²) in [5.74, 6) is 0. The third kappa shape index (κ3) is 2.89. The summed E-state index contributed by atoms with van der Waals surface area (Å²) in [6.45, 7) is 2.63. The fourth-order valence-electron chi connectivity index (χ4n) is 1.70. The summed E-state index contributed by atoms with van der Waals surface area (Å²) >= 11 is 12.0. The number of halogens is 2. The van der Waals surface area contributed by atoms with Gasteiger partial charge >= 0.3 is 0 Å². The molecule has 0 aromatic heterocycles. The van der Waals surface area contributed by atoms with Crippen molar-refractivity contribution in [3.05, 3.63) is 57.6 Å². The van der Waals surface area contributed by atoms with E-state index in [9.17, 15) is 0 Å². The summed E-state index contributed by atoms with van der Waals surface area (Å²) in [6, 6.07) is 11.3. The molecule has 0 saturated heterocycles. The average molecular weight is 281 g/mol. The largest absolute Gasteiger partial charge is 0.398 e. The molecule has 3 N–H and O–H groups in total. The Balaban J connectivity index is 2.14. The highest BCUT2D eigenvalue weighted by molar-refractivity contribution is 6.35. The molecule has 0 fully saturated rings. The van der Waals surface area contributed by atoms with Crippen LogP contribution in [0, 0.1) is 6.92 Å². The molecule has 0 aliphatic heterocycles. The van der Waals surface area contributed by atoms with Crippen molar-refractivity contribution in [3.8, 4) is 0 Å². The lowest BCUT2D eigenvalue weighted by Crippen LogP contribution is -2.03. The minimum atomic E-state index is 0.639. The highest BCUT2D eigenvalue weighted by Crippen LogP contribution is 2.24. The lowest BCUT2D eigenvalue weighted by Gasteiger charge is -2.12. The number of rotatable bonds is 3. The van der Waals surface area contributed by atoms with Gasteiger partial charge in [0.1, 0.15) is 0 Å². The first-order chi connectivity index (χ1) is 8.58. The van der Waals surface area contributed by atoms with Gasteiger partial charge in [-0.15, -0.1) is 0 Å². The smallest absolute Gasteiger partial charge is 0.0470 e. The number of nitrogens with two attached hydrogens (primary N) is 1. The van der Waals surface area contributed by atoms with Crippen molar-refractivity contribution in [2.75, 3.05) is 11.1 Å². The third-order valence-electron chi connectivity index (χ3n) is 2.86. The van der Waals surface area contributed by atoms with Crippen molar-refractivity contribution < 1.29 is 0 Å². The van der Waals surface area contributed by atoms with Crippen molar-refractivity contribution in [2.24, 2.45) is 0 Å². The molecule has 0 aliphatic carbocycles. The average Bonchev–Trinajstić information content (AvgIpc) is 2.33. The van der Waals surface area contributed by atoms with Crippen molar-refractivity contribution in [1.29, 1.82) is 0 Å². The first kappa shape index (κ1) is 13.1. The van der Waals surface area contributed by atoms with Gasteiger partial charge in [-0.3, -0.25) is 0 Å². The SMILES string of the molecule is Cc1c(N)cccc1NCc1ccc(Cl)cc1Cl. The van der Waals surface area contributed by atoms with Crippen LogP contribution in [0.5, 0.6) is 0 Å². The van der Waals surface area contributed by atoms with Crippen LogP contribution < -0.4 is 11.1 Å². The van der Waals surface area contributed by atoms with E-state index in [-0.39, 0.29) is 0 Å². The Morgan fingerprint density at radius 3 is 2.67 bits per heavy atom. The maximum Gasteiger partial charge on any atom is 0.0470 e. The fraction of sp³-hybridized carbons (Fsp3) is 0.143. The minimum Gasteiger partial charge on any atom is -0.398 e. The quantitative estimate of drug-likeness (QED) is 0.813. The maximum absolute atomic E-state index is 6.12. The molecule has 0 spiro atoms. The number of nitrogens with one attached hydrogen (secondary N) is 1. The van der Waals surface area contributed by atoms with Gasteiger partial charge in [-0.2, -0.15) is 0 Å². The molecule has 2 nitrogen and oxygen atoms in total. The van der Waals surface area contributed by atoms with Crippen LogP contribution in [-0.4, -0.2) is 0 Å². The van der Waals surface area contributed by atoms with E-state index in [1.54, 1.807) is 6.07 Å². The number of anilines is 2. The summed E-state index contributed by atoms with van der Waals surface area (Å²) in [5.41, 5.74) is 9.70. The second kappa shape index (κ2) is 5.51. The van der Waals surface area contributed by atoms with Gasteiger partial charge < -0.3 is 11.1 Å². The molecule has 18 heavy (non-hydrogen) atoms. The maximum atomic E-state index is 6.12. The van der Waals surface area contributed by atoms with E-state index in [0.29, 0.717) is 16.6 Å².